The number of Topliss-reactive ketones (excluding diaryl/α,β-unsaturated/α-hetero) is 1. The molecule has 206 valence electrons. The molecule has 7 nitrogen and oxygen atoms in total. The monoisotopic (exact) mass is 560 g/mol. The fourth-order valence-electron chi connectivity index (χ4n) is 4.10. The molecule has 1 fully saturated rings. The van der Waals surface area contributed by atoms with Crippen LogP contribution in [0.1, 0.15) is 39.7 Å². The average Bonchev–Trinajstić information content (AvgIpc) is 3.63. The second-order valence-corrected chi connectivity index (χ2v) is 10.3. The van der Waals surface area contributed by atoms with E-state index in [2.05, 4.69) is 20.3 Å². The maximum Gasteiger partial charge on any atom is 0.400 e. The summed E-state index contributed by atoms with van der Waals surface area (Å²) in [5.41, 5.74) is -1.34. The highest BCUT2D eigenvalue weighted by atomic mass is 35.5. The van der Waals surface area contributed by atoms with Gasteiger partial charge in [0.25, 0.3) is 0 Å². The first-order valence-electron chi connectivity index (χ1n) is 12.4. The number of aromatic nitrogens is 3. The fourth-order valence-corrected chi connectivity index (χ4v) is 4.31. The summed E-state index contributed by atoms with van der Waals surface area (Å²) in [5, 5.41) is 3.17. The number of allylic oxidation sites excluding steroid dienone is 2. The van der Waals surface area contributed by atoms with Crippen LogP contribution in [0.3, 0.4) is 0 Å². The van der Waals surface area contributed by atoms with E-state index in [4.69, 9.17) is 16.3 Å². The standard InChI is InChI=1S/C28H28ClF3N4O3/c1-5-6-15(2)39-18-10-8-17(9-11-18)24-34-25(36-26(38)35-24)19-13-16(7-12-20(19)29)14-21-22(33-21)23(37)27(3,4)28(30,31)32/h6-13,21-22,33H,5,14H2,1-4H3,(H,34,35,36,38)/b15-6+. The first kappa shape index (κ1) is 28.5. The van der Waals surface area contributed by atoms with Crippen LogP contribution >= 0.6 is 11.6 Å². The lowest BCUT2D eigenvalue weighted by molar-refractivity contribution is -0.209. The Morgan fingerprint density at radius 2 is 1.82 bits per heavy atom. The number of rotatable bonds is 9. The highest BCUT2D eigenvalue weighted by molar-refractivity contribution is 6.33. The van der Waals surface area contributed by atoms with E-state index >= 15 is 0 Å². The molecule has 0 spiro atoms. The summed E-state index contributed by atoms with van der Waals surface area (Å²) in [4.78, 5) is 35.9. The second-order valence-electron chi connectivity index (χ2n) is 9.93. The van der Waals surface area contributed by atoms with Crippen molar-refractivity contribution in [3.8, 4) is 28.5 Å². The molecule has 2 aromatic carbocycles. The Kier molecular flexibility index (Phi) is 7.99. The summed E-state index contributed by atoms with van der Waals surface area (Å²) in [7, 11) is 0. The maximum absolute atomic E-state index is 13.3. The SMILES string of the molecule is CC/C=C(\C)Oc1ccc(-c2nc(-c3cc(CC4NC4C(=O)C(C)(C)C(F)(F)F)ccc3Cl)[nH]c(=O)n2)cc1. The van der Waals surface area contributed by atoms with Crippen LogP contribution in [0.2, 0.25) is 5.02 Å². The third kappa shape index (κ3) is 6.39. The Labute approximate surface area is 228 Å². The molecule has 1 aliphatic heterocycles. The number of alkyl halides is 3. The van der Waals surface area contributed by atoms with Gasteiger partial charge in [-0.15, -0.1) is 0 Å². The number of carbonyl (C=O) groups excluding carboxylic acids is 1. The Bertz CT molecular complexity index is 1470. The van der Waals surface area contributed by atoms with E-state index in [-0.39, 0.29) is 11.6 Å². The number of halogens is 4. The molecule has 1 aliphatic rings. The van der Waals surface area contributed by atoms with Gasteiger partial charge in [-0.2, -0.15) is 18.2 Å². The predicted octanol–water partition coefficient (Wildman–Crippen LogP) is 5.89. The van der Waals surface area contributed by atoms with Crippen molar-refractivity contribution in [2.24, 2.45) is 5.41 Å². The van der Waals surface area contributed by atoms with Crippen molar-refractivity contribution in [2.45, 2.75) is 58.8 Å². The Morgan fingerprint density at radius 1 is 1.13 bits per heavy atom. The summed E-state index contributed by atoms with van der Waals surface area (Å²) in [6, 6.07) is 10.7. The van der Waals surface area contributed by atoms with Crippen LogP contribution < -0.4 is 15.7 Å². The quantitative estimate of drug-likeness (QED) is 0.250. The van der Waals surface area contributed by atoms with Crippen molar-refractivity contribution in [1.29, 1.82) is 0 Å². The molecule has 0 saturated carbocycles. The molecule has 2 N–H and O–H groups in total. The highest BCUT2D eigenvalue weighted by Crippen LogP contribution is 2.41. The molecule has 2 atom stereocenters. The van der Waals surface area contributed by atoms with E-state index in [1.807, 2.05) is 19.9 Å². The zero-order chi connectivity index (χ0) is 28.5. The van der Waals surface area contributed by atoms with Crippen LogP contribution in [-0.2, 0) is 11.2 Å². The number of ketones is 1. The lowest BCUT2D eigenvalue weighted by atomic mass is 9.84. The van der Waals surface area contributed by atoms with Gasteiger partial charge in [-0.25, -0.2) is 9.78 Å². The van der Waals surface area contributed by atoms with Crippen molar-refractivity contribution < 1.29 is 22.7 Å². The van der Waals surface area contributed by atoms with Gasteiger partial charge in [-0.3, -0.25) is 9.78 Å². The number of hydrogen-bond donors (Lipinski definition) is 2. The largest absolute Gasteiger partial charge is 0.462 e. The summed E-state index contributed by atoms with van der Waals surface area (Å²) in [6.07, 6.45) is -1.53. The summed E-state index contributed by atoms with van der Waals surface area (Å²) in [6.45, 7) is 5.66. The van der Waals surface area contributed by atoms with E-state index < -0.39 is 35.1 Å². The molecule has 11 heteroatoms. The summed E-state index contributed by atoms with van der Waals surface area (Å²) < 4.78 is 45.6. The zero-order valence-corrected chi connectivity index (χ0v) is 22.6. The Balaban J connectivity index is 1.54. The van der Waals surface area contributed by atoms with Crippen molar-refractivity contribution in [2.75, 3.05) is 0 Å². The number of benzene rings is 2. The number of carbonyl (C=O) groups is 1. The molecular formula is C28H28ClF3N4O3. The minimum atomic E-state index is -4.64. The van der Waals surface area contributed by atoms with E-state index in [1.54, 1.807) is 42.5 Å². The van der Waals surface area contributed by atoms with Crippen molar-refractivity contribution in [3.63, 3.8) is 0 Å². The molecule has 3 aromatic rings. The maximum atomic E-state index is 13.3. The van der Waals surface area contributed by atoms with Gasteiger partial charge < -0.3 is 10.1 Å². The average molecular weight is 561 g/mol. The molecule has 4 rings (SSSR count). The van der Waals surface area contributed by atoms with Crippen molar-refractivity contribution in [3.05, 3.63) is 75.4 Å². The van der Waals surface area contributed by atoms with Crippen LogP contribution in [0, 0.1) is 5.41 Å². The molecule has 2 unspecified atom stereocenters. The molecule has 0 amide bonds. The van der Waals surface area contributed by atoms with Crippen molar-refractivity contribution in [1.82, 2.24) is 20.3 Å². The van der Waals surface area contributed by atoms with E-state index in [0.717, 1.165) is 26.0 Å². The smallest absolute Gasteiger partial charge is 0.400 e. The van der Waals surface area contributed by atoms with Gasteiger partial charge >= 0.3 is 11.9 Å². The van der Waals surface area contributed by atoms with Gasteiger partial charge in [0.15, 0.2) is 11.6 Å². The summed E-state index contributed by atoms with van der Waals surface area (Å²) >= 11 is 6.42. The Morgan fingerprint density at radius 3 is 2.46 bits per heavy atom. The van der Waals surface area contributed by atoms with E-state index in [0.29, 0.717) is 33.9 Å². The first-order chi connectivity index (χ1) is 18.3. The van der Waals surface area contributed by atoms with Gasteiger partial charge in [-0.05, 0) is 81.7 Å². The minimum Gasteiger partial charge on any atom is -0.462 e. The molecule has 0 aliphatic carbocycles. The molecule has 1 saturated heterocycles. The number of nitrogens with zero attached hydrogens (tertiary/aromatic N) is 2. The lowest BCUT2D eigenvalue weighted by Crippen LogP contribution is -2.43. The van der Waals surface area contributed by atoms with Crippen LogP contribution in [-0.4, -0.2) is 39.0 Å². The lowest BCUT2D eigenvalue weighted by Gasteiger charge is -2.25. The fraction of sp³-hybridized carbons (Fsp3) is 0.357. The van der Waals surface area contributed by atoms with Crippen LogP contribution in [0.15, 0.2) is 59.1 Å². The van der Waals surface area contributed by atoms with Crippen LogP contribution in [0.25, 0.3) is 22.8 Å². The van der Waals surface area contributed by atoms with Gasteiger partial charge in [0, 0.05) is 17.2 Å². The predicted molar refractivity (Wildman–Crippen MR) is 142 cm³/mol. The molecule has 0 bridgehead atoms. The highest BCUT2D eigenvalue weighted by Gasteiger charge is 2.58. The van der Waals surface area contributed by atoms with E-state index in [1.165, 1.54) is 0 Å². The molecule has 2 heterocycles. The third-order valence-corrected chi connectivity index (χ3v) is 6.90. The van der Waals surface area contributed by atoms with Crippen LogP contribution in [0.4, 0.5) is 13.2 Å². The van der Waals surface area contributed by atoms with Gasteiger partial charge in [-0.1, -0.05) is 24.6 Å². The van der Waals surface area contributed by atoms with Gasteiger partial charge in [0.2, 0.25) is 0 Å². The zero-order valence-electron chi connectivity index (χ0n) is 21.8. The topological polar surface area (TPSA) is 107 Å². The number of hydrogen-bond acceptors (Lipinski definition) is 6. The molecule has 1 aromatic heterocycles. The second kappa shape index (κ2) is 10.9. The third-order valence-electron chi connectivity index (χ3n) is 6.57. The van der Waals surface area contributed by atoms with E-state index in [9.17, 15) is 22.8 Å². The Hall–Kier alpha value is -3.50. The summed E-state index contributed by atoms with van der Waals surface area (Å²) in [5.74, 6) is 0.883. The first-order valence-corrected chi connectivity index (χ1v) is 12.8. The number of nitrogens with one attached hydrogen (secondary N) is 2. The van der Waals surface area contributed by atoms with Gasteiger partial charge in [0.1, 0.15) is 17.0 Å². The van der Waals surface area contributed by atoms with Crippen molar-refractivity contribution >= 4 is 17.4 Å². The number of H-pyrrole nitrogens is 1. The molecular weight excluding hydrogens is 533 g/mol. The van der Waals surface area contributed by atoms with Crippen LogP contribution in [0.5, 0.6) is 5.75 Å². The number of aromatic amines is 1. The molecule has 0 radical (unpaired) electrons. The molecule has 39 heavy (non-hydrogen) atoms. The number of ether oxygens (including phenoxy) is 1. The minimum absolute atomic E-state index is 0.187. The van der Waals surface area contributed by atoms with Gasteiger partial charge in [0.05, 0.1) is 16.8 Å². The normalized spacial score (nSPS) is 17.7.